The van der Waals surface area contributed by atoms with Crippen molar-refractivity contribution in [2.45, 2.75) is 19.1 Å². The van der Waals surface area contributed by atoms with Gasteiger partial charge in [0.05, 0.1) is 23.6 Å². The van der Waals surface area contributed by atoms with E-state index in [0.29, 0.717) is 32.1 Å². The molecule has 2 aromatic rings. The topological polar surface area (TPSA) is 91.1 Å². The van der Waals surface area contributed by atoms with Gasteiger partial charge in [-0.15, -0.1) is 0 Å². The summed E-state index contributed by atoms with van der Waals surface area (Å²) in [5.74, 6) is 0.216. The summed E-state index contributed by atoms with van der Waals surface area (Å²) in [6, 6.07) is 12.3. The van der Waals surface area contributed by atoms with E-state index in [0.717, 1.165) is 5.56 Å². The molecule has 0 aromatic heterocycles. The standard InChI is InChI=1S/C20H20N2O6/c1-13-11-21(12-19(28-13)14-5-3-2-4-6-14)20(23)15-9-17-18(27-8-7-26-17)10-16(15)22(24)25/h2-6,9-10,13,19H,7-8,11-12H2,1H3/t13-,19+/m0/s1. The fraction of sp³-hybridized carbons (Fsp3) is 0.350. The summed E-state index contributed by atoms with van der Waals surface area (Å²) < 4.78 is 16.9. The first-order chi connectivity index (χ1) is 13.5. The van der Waals surface area contributed by atoms with Gasteiger partial charge in [-0.2, -0.15) is 0 Å². The third kappa shape index (κ3) is 3.50. The first-order valence-electron chi connectivity index (χ1n) is 9.10. The van der Waals surface area contributed by atoms with Crippen LogP contribution < -0.4 is 9.47 Å². The van der Waals surface area contributed by atoms with E-state index >= 15 is 0 Å². The molecule has 8 nitrogen and oxygen atoms in total. The number of carbonyl (C=O) groups is 1. The Bertz CT molecular complexity index is 901. The lowest BCUT2D eigenvalue weighted by molar-refractivity contribution is -0.385. The molecule has 2 atom stereocenters. The predicted molar refractivity (Wildman–Crippen MR) is 99.7 cm³/mol. The molecule has 2 aliphatic heterocycles. The summed E-state index contributed by atoms with van der Waals surface area (Å²) in [7, 11) is 0. The first kappa shape index (κ1) is 18.2. The highest BCUT2D eigenvalue weighted by atomic mass is 16.6. The molecule has 0 saturated carbocycles. The average Bonchev–Trinajstić information content (AvgIpc) is 2.72. The summed E-state index contributed by atoms with van der Waals surface area (Å²) in [6.45, 7) is 3.21. The number of rotatable bonds is 3. The largest absolute Gasteiger partial charge is 0.486 e. The average molecular weight is 384 g/mol. The molecule has 2 aromatic carbocycles. The number of nitro groups is 1. The van der Waals surface area contributed by atoms with Crippen LogP contribution in [0, 0.1) is 10.1 Å². The zero-order valence-corrected chi connectivity index (χ0v) is 15.4. The molecular formula is C20H20N2O6. The van der Waals surface area contributed by atoms with Crippen LogP contribution in [0.15, 0.2) is 42.5 Å². The molecule has 0 N–H and O–H groups in total. The van der Waals surface area contributed by atoms with Gasteiger partial charge in [0.15, 0.2) is 11.5 Å². The first-order valence-corrected chi connectivity index (χ1v) is 9.10. The number of ether oxygens (including phenoxy) is 3. The molecule has 0 aliphatic carbocycles. The Labute approximate surface area is 161 Å². The maximum atomic E-state index is 13.2. The van der Waals surface area contributed by atoms with Crippen molar-refractivity contribution in [1.82, 2.24) is 4.90 Å². The second kappa shape index (κ2) is 7.47. The van der Waals surface area contributed by atoms with E-state index in [-0.39, 0.29) is 29.2 Å². The number of nitro benzene ring substituents is 1. The quantitative estimate of drug-likeness (QED) is 0.597. The van der Waals surface area contributed by atoms with E-state index in [1.165, 1.54) is 12.1 Å². The number of benzene rings is 2. The highest BCUT2D eigenvalue weighted by molar-refractivity contribution is 5.99. The number of hydrogen-bond donors (Lipinski definition) is 0. The summed E-state index contributed by atoms with van der Waals surface area (Å²) in [4.78, 5) is 25.8. The predicted octanol–water partition coefficient (Wildman–Crippen LogP) is 2.97. The van der Waals surface area contributed by atoms with Crippen molar-refractivity contribution in [2.75, 3.05) is 26.3 Å². The lowest BCUT2D eigenvalue weighted by atomic mass is 10.0. The van der Waals surface area contributed by atoms with Crippen LogP contribution in [-0.4, -0.2) is 48.1 Å². The number of fused-ring (bicyclic) bond motifs is 1. The lowest BCUT2D eigenvalue weighted by Crippen LogP contribution is -2.46. The van der Waals surface area contributed by atoms with E-state index in [1.807, 2.05) is 37.3 Å². The van der Waals surface area contributed by atoms with Gasteiger partial charge in [-0.3, -0.25) is 14.9 Å². The van der Waals surface area contributed by atoms with Gasteiger partial charge in [-0.1, -0.05) is 30.3 Å². The molecule has 0 spiro atoms. The molecule has 146 valence electrons. The molecular weight excluding hydrogens is 364 g/mol. The van der Waals surface area contributed by atoms with Crippen LogP contribution in [-0.2, 0) is 4.74 Å². The number of hydrogen-bond acceptors (Lipinski definition) is 6. The Morgan fingerprint density at radius 2 is 1.79 bits per heavy atom. The van der Waals surface area contributed by atoms with Gasteiger partial charge in [0.25, 0.3) is 11.6 Å². The molecule has 1 fully saturated rings. The van der Waals surface area contributed by atoms with Gasteiger partial charge < -0.3 is 19.1 Å². The minimum absolute atomic E-state index is 0.00448. The van der Waals surface area contributed by atoms with Crippen LogP contribution in [0.25, 0.3) is 0 Å². The molecule has 0 bridgehead atoms. The highest BCUT2D eigenvalue weighted by Gasteiger charge is 2.34. The summed E-state index contributed by atoms with van der Waals surface area (Å²) in [5.41, 5.74) is 0.670. The molecule has 28 heavy (non-hydrogen) atoms. The fourth-order valence-electron chi connectivity index (χ4n) is 3.54. The van der Waals surface area contributed by atoms with E-state index in [4.69, 9.17) is 14.2 Å². The fourth-order valence-corrected chi connectivity index (χ4v) is 3.54. The molecule has 0 unspecified atom stereocenters. The Kier molecular flexibility index (Phi) is 4.87. The maximum Gasteiger partial charge on any atom is 0.286 e. The Morgan fingerprint density at radius 3 is 2.46 bits per heavy atom. The Hall–Kier alpha value is -3.13. The minimum Gasteiger partial charge on any atom is -0.486 e. The van der Waals surface area contributed by atoms with Crippen molar-refractivity contribution in [3.63, 3.8) is 0 Å². The van der Waals surface area contributed by atoms with Crippen molar-refractivity contribution < 1.29 is 23.9 Å². The molecule has 2 aliphatic rings. The zero-order valence-electron chi connectivity index (χ0n) is 15.4. The van der Waals surface area contributed by atoms with Crippen molar-refractivity contribution >= 4 is 11.6 Å². The maximum absolute atomic E-state index is 13.2. The smallest absolute Gasteiger partial charge is 0.286 e. The zero-order chi connectivity index (χ0) is 19.7. The van der Waals surface area contributed by atoms with E-state index in [9.17, 15) is 14.9 Å². The van der Waals surface area contributed by atoms with Crippen LogP contribution in [0.2, 0.25) is 0 Å². The van der Waals surface area contributed by atoms with Crippen molar-refractivity contribution in [2.24, 2.45) is 0 Å². The molecule has 8 heteroatoms. The molecule has 2 heterocycles. The molecule has 1 amide bonds. The van der Waals surface area contributed by atoms with Crippen LogP contribution in [0.5, 0.6) is 11.5 Å². The highest BCUT2D eigenvalue weighted by Crippen LogP contribution is 2.37. The van der Waals surface area contributed by atoms with Gasteiger partial charge in [0.1, 0.15) is 24.9 Å². The second-order valence-electron chi connectivity index (χ2n) is 6.83. The van der Waals surface area contributed by atoms with Gasteiger partial charge in [0, 0.05) is 12.6 Å². The summed E-state index contributed by atoms with van der Waals surface area (Å²) >= 11 is 0. The van der Waals surface area contributed by atoms with E-state index in [2.05, 4.69) is 0 Å². The van der Waals surface area contributed by atoms with Crippen LogP contribution in [0.3, 0.4) is 0 Å². The minimum atomic E-state index is -0.565. The molecule has 0 radical (unpaired) electrons. The monoisotopic (exact) mass is 384 g/mol. The van der Waals surface area contributed by atoms with Crippen molar-refractivity contribution in [3.8, 4) is 11.5 Å². The number of nitrogens with zero attached hydrogens (tertiary/aromatic N) is 2. The van der Waals surface area contributed by atoms with E-state index in [1.54, 1.807) is 4.90 Å². The van der Waals surface area contributed by atoms with Gasteiger partial charge in [0.2, 0.25) is 0 Å². The van der Waals surface area contributed by atoms with Gasteiger partial charge in [-0.05, 0) is 12.5 Å². The number of morpholine rings is 1. The molecule has 4 rings (SSSR count). The van der Waals surface area contributed by atoms with E-state index < -0.39 is 10.8 Å². The van der Waals surface area contributed by atoms with Crippen molar-refractivity contribution in [1.29, 1.82) is 0 Å². The molecule has 1 saturated heterocycles. The third-order valence-corrected chi connectivity index (χ3v) is 4.81. The Balaban J connectivity index is 1.65. The lowest BCUT2D eigenvalue weighted by Gasteiger charge is -2.37. The number of carbonyl (C=O) groups excluding carboxylic acids is 1. The number of amides is 1. The summed E-state index contributed by atoms with van der Waals surface area (Å²) in [6.07, 6.45) is -0.482. The van der Waals surface area contributed by atoms with Crippen LogP contribution in [0.1, 0.15) is 28.9 Å². The van der Waals surface area contributed by atoms with Crippen LogP contribution >= 0.6 is 0 Å². The third-order valence-electron chi connectivity index (χ3n) is 4.81. The van der Waals surface area contributed by atoms with Crippen molar-refractivity contribution in [3.05, 3.63) is 63.7 Å². The SMILES string of the molecule is C[C@H]1CN(C(=O)c2cc3c(cc2[N+](=O)[O-])OCCO3)C[C@H](c2ccccc2)O1. The Morgan fingerprint density at radius 1 is 1.11 bits per heavy atom. The normalized spacial score (nSPS) is 21.2. The van der Waals surface area contributed by atoms with Gasteiger partial charge >= 0.3 is 0 Å². The second-order valence-corrected chi connectivity index (χ2v) is 6.83. The van der Waals surface area contributed by atoms with Gasteiger partial charge in [-0.25, -0.2) is 0 Å². The summed E-state index contributed by atoms with van der Waals surface area (Å²) in [5, 5.41) is 11.6. The van der Waals surface area contributed by atoms with Crippen LogP contribution in [0.4, 0.5) is 5.69 Å².